The quantitative estimate of drug-likeness (QED) is 0.846. The standard InChI is InChI=1S/C14H24N2/c1-10(2)15-8-12-7-11(3)13(16-9-12)14(4,5)6/h7,9-10,15H,8H2,1-6H3. The third kappa shape index (κ3) is 3.60. The van der Waals surface area contributed by atoms with E-state index in [0.29, 0.717) is 6.04 Å². The van der Waals surface area contributed by atoms with Gasteiger partial charge in [-0.05, 0) is 18.1 Å². The Balaban J connectivity index is 2.83. The molecule has 0 spiro atoms. The molecule has 1 aromatic heterocycles. The smallest absolute Gasteiger partial charge is 0.0486 e. The second-order valence-electron chi connectivity index (χ2n) is 5.79. The molecule has 0 bridgehead atoms. The normalized spacial score (nSPS) is 12.2. The molecule has 1 N–H and O–H groups in total. The molecular formula is C14H24N2. The minimum Gasteiger partial charge on any atom is -0.310 e. The molecule has 90 valence electrons. The molecule has 16 heavy (non-hydrogen) atoms. The summed E-state index contributed by atoms with van der Waals surface area (Å²) in [6.07, 6.45) is 1.99. The van der Waals surface area contributed by atoms with Gasteiger partial charge in [-0.25, -0.2) is 0 Å². The Kier molecular flexibility index (Phi) is 4.09. The lowest BCUT2D eigenvalue weighted by Crippen LogP contribution is -2.22. The van der Waals surface area contributed by atoms with E-state index >= 15 is 0 Å². The lowest BCUT2D eigenvalue weighted by molar-refractivity contribution is 0.559. The van der Waals surface area contributed by atoms with Crippen LogP contribution >= 0.6 is 0 Å². The van der Waals surface area contributed by atoms with Gasteiger partial charge in [-0.15, -0.1) is 0 Å². The molecule has 0 aliphatic heterocycles. The predicted octanol–water partition coefficient (Wildman–Crippen LogP) is 3.19. The summed E-state index contributed by atoms with van der Waals surface area (Å²) in [6, 6.07) is 2.76. The molecule has 0 aliphatic carbocycles. The van der Waals surface area contributed by atoms with Crippen molar-refractivity contribution < 1.29 is 0 Å². The Labute approximate surface area is 99.5 Å². The Morgan fingerprint density at radius 1 is 1.31 bits per heavy atom. The largest absolute Gasteiger partial charge is 0.310 e. The van der Waals surface area contributed by atoms with Gasteiger partial charge in [0.1, 0.15) is 0 Å². The van der Waals surface area contributed by atoms with Crippen LogP contribution in [0.1, 0.15) is 51.4 Å². The van der Waals surface area contributed by atoms with Gasteiger partial charge in [0.15, 0.2) is 0 Å². The molecule has 0 unspecified atom stereocenters. The number of hydrogen-bond donors (Lipinski definition) is 1. The lowest BCUT2D eigenvalue weighted by Gasteiger charge is -2.20. The predicted molar refractivity (Wildman–Crippen MR) is 69.6 cm³/mol. The number of pyridine rings is 1. The van der Waals surface area contributed by atoms with Gasteiger partial charge >= 0.3 is 0 Å². The van der Waals surface area contributed by atoms with Crippen LogP contribution in [0.5, 0.6) is 0 Å². The van der Waals surface area contributed by atoms with Crippen LogP contribution in [0.3, 0.4) is 0 Å². The second-order valence-corrected chi connectivity index (χ2v) is 5.79. The van der Waals surface area contributed by atoms with Gasteiger partial charge in [-0.1, -0.05) is 40.7 Å². The van der Waals surface area contributed by atoms with Gasteiger partial charge in [-0.2, -0.15) is 0 Å². The van der Waals surface area contributed by atoms with Crippen LogP contribution in [0.2, 0.25) is 0 Å². The van der Waals surface area contributed by atoms with Gasteiger partial charge in [0.05, 0.1) is 0 Å². The van der Waals surface area contributed by atoms with Crippen molar-refractivity contribution in [1.82, 2.24) is 10.3 Å². The van der Waals surface area contributed by atoms with Crippen LogP contribution in [0.15, 0.2) is 12.3 Å². The number of nitrogens with one attached hydrogen (secondary N) is 1. The topological polar surface area (TPSA) is 24.9 Å². The summed E-state index contributed by atoms with van der Waals surface area (Å²) in [5, 5.41) is 3.41. The first-order chi connectivity index (χ1) is 7.30. The van der Waals surface area contributed by atoms with Crippen molar-refractivity contribution >= 4 is 0 Å². The molecule has 0 amide bonds. The van der Waals surface area contributed by atoms with Crippen molar-refractivity contribution in [2.75, 3.05) is 0 Å². The monoisotopic (exact) mass is 220 g/mol. The molecule has 1 heterocycles. The van der Waals surface area contributed by atoms with Crippen molar-refractivity contribution in [2.24, 2.45) is 0 Å². The molecule has 2 nitrogen and oxygen atoms in total. The molecule has 1 rings (SSSR count). The molecule has 0 saturated heterocycles. The van der Waals surface area contributed by atoms with E-state index in [1.807, 2.05) is 6.20 Å². The van der Waals surface area contributed by atoms with E-state index in [-0.39, 0.29) is 5.41 Å². The molecule has 2 heteroatoms. The average molecular weight is 220 g/mol. The molecule has 0 aliphatic rings. The van der Waals surface area contributed by atoms with E-state index in [1.165, 1.54) is 16.8 Å². The first-order valence-electron chi connectivity index (χ1n) is 6.00. The molecule has 0 aromatic carbocycles. The van der Waals surface area contributed by atoms with E-state index in [4.69, 9.17) is 0 Å². The average Bonchev–Trinajstić information content (AvgIpc) is 2.12. The Bertz CT molecular complexity index is 348. The molecule has 0 fully saturated rings. The first-order valence-corrected chi connectivity index (χ1v) is 6.00. The fraction of sp³-hybridized carbons (Fsp3) is 0.643. The van der Waals surface area contributed by atoms with Gasteiger partial charge < -0.3 is 5.32 Å². The zero-order valence-electron chi connectivity index (χ0n) is 11.4. The minimum absolute atomic E-state index is 0.133. The summed E-state index contributed by atoms with van der Waals surface area (Å²) < 4.78 is 0. The highest BCUT2D eigenvalue weighted by molar-refractivity contribution is 5.28. The van der Waals surface area contributed by atoms with E-state index in [0.717, 1.165) is 6.54 Å². The van der Waals surface area contributed by atoms with Crippen LogP contribution < -0.4 is 5.32 Å². The second kappa shape index (κ2) is 4.96. The van der Waals surface area contributed by atoms with Crippen LogP contribution in [0, 0.1) is 6.92 Å². The van der Waals surface area contributed by atoms with Gasteiger partial charge in [-0.3, -0.25) is 4.98 Å². The number of hydrogen-bond acceptors (Lipinski definition) is 2. The van der Waals surface area contributed by atoms with Crippen LogP contribution in [0.4, 0.5) is 0 Å². The van der Waals surface area contributed by atoms with Crippen LogP contribution in [0.25, 0.3) is 0 Å². The third-order valence-electron chi connectivity index (χ3n) is 2.56. The zero-order chi connectivity index (χ0) is 12.3. The maximum atomic E-state index is 4.59. The van der Waals surface area contributed by atoms with Gasteiger partial charge in [0.25, 0.3) is 0 Å². The zero-order valence-corrected chi connectivity index (χ0v) is 11.4. The van der Waals surface area contributed by atoms with Crippen molar-refractivity contribution in [1.29, 1.82) is 0 Å². The number of rotatable bonds is 3. The number of aryl methyl sites for hydroxylation is 1. The fourth-order valence-corrected chi connectivity index (χ4v) is 1.84. The van der Waals surface area contributed by atoms with Crippen molar-refractivity contribution in [3.8, 4) is 0 Å². The SMILES string of the molecule is Cc1cc(CNC(C)C)cnc1C(C)(C)C. The Hall–Kier alpha value is -0.890. The lowest BCUT2D eigenvalue weighted by atomic mass is 9.88. The van der Waals surface area contributed by atoms with Crippen LogP contribution in [-0.4, -0.2) is 11.0 Å². The maximum Gasteiger partial charge on any atom is 0.0486 e. The van der Waals surface area contributed by atoms with Gasteiger partial charge in [0.2, 0.25) is 0 Å². The summed E-state index contributed by atoms with van der Waals surface area (Å²) in [7, 11) is 0. The van der Waals surface area contributed by atoms with E-state index < -0.39 is 0 Å². The number of aromatic nitrogens is 1. The van der Waals surface area contributed by atoms with E-state index in [1.54, 1.807) is 0 Å². The highest BCUT2D eigenvalue weighted by atomic mass is 14.9. The summed E-state index contributed by atoms with van der Waals surface area (Å²) in [5.74, 6) is 0. The maximum absolute atomic E-state index is 4.59. The highest BCUT2D eigenvalue weighted by Gasteiger charge is 2.17. The summed E-state index contributed by atoms with van der Waals surface area (Å²) >= 11 is 0. The fourth-order valence-electron chi connectivity index (χ4n) is 1.84. The third-order valence-corrected chi connectivity index (χ3v) is 2.56. The number of nitrogens with zero attached hydrogens (tertiary/aromatic N) is 1. The molecular weight excluding hydrogens is 196 g/mol. The van der Waals surface area contributed by atoms with Crippen LogP contribution in [-0.2, 0) is 12.0 Å². The van der Waals surface area contributed by atoms with Gasteiger partial charge in [0, 0.05) is 29.9 Å². The Morgan fingerprint density at radius 2 is 1.94 bits per heavy atom. The molecule has 0 saturated carbocycles. The first kappa shape index (κ1) is 13.2. The van der Waals surface area contributed by atoms with Crippen molar-refractivity contribution in [2.45, 2.75) is 59.5 Å². The molecule has 1 aromatic rings. The van der Waals surface area contributed by atoms with E-state index in [9.17, 15) is 0 Å². The summed E-state index contributed by atoms with van der Waals surface area (Å²) in [6.45, 7) is 14.0. The molecule has 0 atom stereocenters. The highest BCUT2D eigenvalue weighted by Crippen LogP contribution is 2.23. The summed E-state index contributed by atoms with van der Waals surface area (Å²) in [4.78, 5) is 4.59. The van der Waals surface area contributed by atoms with Crippen molar-refractivity contribution in [3.63, 3.8) is 0 Å². The summed E-state index contributed by atoms with van der Waals surface area (Å²) in [5.41, 5.74) is 3.88. The Morgan fingerprint density at radius 3 is 2.38 bits per heavy atom. The van der Waals surface area contributed by atoms with E-state index in [2.05, 4.69) is 57.9 Å². The molecule has 0 radical (unpaired) electrons. The minimum atomic E-state index is 0.133. The van der Waals surface area contributed by atoms with Crippen molar-refractivity contribution in [3.05, 3.63) is 29.1 Å².